The zero-order valence-corrected chi connectivity index (χ0v) is 23.7. The third-order valence-corrected chi connectivity index (χ3v) is 11.4. The van der Waals surface area contributed by atoms with Crippen molar-refractivity contribution in [3.63, 3.8) is 0 Å². The van der Waals surface area contributed by atoms with Crippen molar-refractivity contribution in [2.75, 3.05) is 13.2 Å². The second kappa shape index (κ2) is 8.60. The Morgan fingerprint density at radius 3 is 2.42 bits per heavy atom. The van der Waals surface area contributed by atoms with E-state index in [9.17, 15) is 9.90 Å². The molecule has 1 spiro atoms. The van der Waals surface area contributed by atoms with E-state index in [0.29, 0.717) is 43.7 Å². The molecule has 202 valence electrons. The fourth-order valence-corrected chi connectivity index (χ4v) is 9.33. The van der Waals surface area contributed by atoms with Crippen molar-refractivity contribution >= 4 is 17.1 Å². The second-order valence-corrected chi connectivity index (χ2v) is 14.6. The molecule has 1 saturated heterocycles. The number of hydrogen-bond acceptors (Lipinski definition) is 5. The molecule has 0 amide bonds. The lowest BCUT2D eigenvalue weighted by Crippen LogP contribution is -2.57. The molecule has 4 fully saturated rings. The highest BCUT2D eigenvalue weighted by Crippen LogP contribution is 2.64. The van der Waals surface area contributed by atoms with Gasteiger partial charge in [-0.15, -0.1) is 0 Å². The first kappa shape index (κ1) is 25.2. The molecule has 5 heteroatoms. The first-order valence-electron chi connectivity index (χ1n) is 14.5. The number of benzene rings is 1. The molecular formula is C33H40O4S. The van der Waals surface area contributed by atoms with Gasteiger partial charge in [-0.3, -0.25) is 4.79 Å². The Morgan fingerprint density at radius 2 is 1.71 bits per heavy atom. The number of thiophene rings is 1. The summed E-state index contributed by atoms with van der Waals surface area (Å²) in [5.74, 6) is 0.704. The van der Waals surface area contributed by atoms with Crippen molar-refractivity contribution in [2.45, 2.75) is 89.4 Å². The smallest absolute Gasteiger partial charge is 0.171 e. The van der Waals surface area contributed by atoms with Gasteiger partial charge >= 0.3 is 0 Å². The van der Waals surface area contributed by atoms with E-state index in [4.69, 9.17) is 9.47 Å². The van der Waals surface area contributed by atoms with Crippen molar-refractivity contribution in [1.29, 1.82) is 0 Å². The third kappa shape index (κ3) is 3.83. The first-order chi connectivity index (χ1) is 18.1. The molecule has 2 aromatic rings. The summed E-state index contributed by atoms with van der Waals surface area (Å²) in [6.07, 6.45) is 6.34. The molecule has 7 rings (SSSR count). The summed E-state index contributed by atoms with van der Waals surface area (Å²) in [4.78, 5) is 13.3. The fourth-order valence-electron chi connectivity index (χ4n) is 8.66. The zero-order chi connectivity index (χ0) is 26.3. The number of Topliss-reactive ketones (excluding diaryl/α,β-unsaturated/α-hetero) is 1. The van der Waals surface area contributed by atoms with Crippen LogP contribution in [0.3, 0.4) is 0 Å². The SMILES string of the molecule is CC1(C)COC2(CCC3=C4[C@@H](CC[C@@]3(O)C2)[C@@H]2CCC(=O)[C@]2(C)C[C@@H]4c2ccc(-c3ccsc3)cc2)OC1. The van der Waals surface area contributed by atoms with Gasteiger partial charge in [-0.05, 0) is 83.0 Å². The van der Waals surface area contributed by atoms with Gasteiger partial charge in [0.05, 0.1) is 18.8 Å². The Kier molecular flexibility index (Phi) is 5.70. The minimum absolute atomic E-state index is 0.00733. The van der Waals surface area contributed by atoms with E-state index < -0.39 is 11.4 Å². The highest BCUT2D eigenvalue weighted by molar-refractivity contribution is 7.08. The predicted octanol–water partition coefficient (Wildman–Crippen LogP) is 7.28. The second-order valence-electron chi connectivity index (χ2n) is 13.8. The quantitative estimate of drug-likeness (QED) is 0.413. The van der Waals surface area contributed by atoms with Crippen molar-refractivity contribution in [3.8, 4) is 11.1 Å². The van der Waals surface area contributed by atoms with Crippen molar-refractivity contribution < 1.29 is 19.4 Å². The van der Waals surface area contributed by atoms with Crippen LogP contribution in [0, 0.1) is 22.7 Å². The van der Waals surface area contributed by atoms with Gasteiger partial charge < -0.3 is 14.6 Å². The van der Waals surface area contributed by atoms with Gasteiger partial charge in [-0.2, -0.15) is 11.3 Å². The molecule has 0 unspecified atom stereocenters. The molecular weight excluding hydrogens is 492 g/mol. The molecule has 0 radical (unpaired) electrons. The summed E-state index contributed by atoms with van der Waals surface area (Å²) in [5, 5.41) is 16.6. The van der Waals surface area contributed by atoms with Gasteiger partial charge in [0.25, 0.3) is 0 Å². The van der Waals surface area contributed by atoms with Gasteiger partial charge in [0.15, 0.2) is 5.79 Å². The van der Waals surface area contributed by atoms with E-state index in [1.54, 1.807) is 11.3 Å². The molecule has 1 aromatic carbocycles. The summed E-state index contributed by atoms with van der Waals surface area (Å²) >= 11 is 1.72. The molecule has 4 nitrogen and oxygen atoms in total. The molecule has 1 aliphatic heterocycles. The van der Waals surface area contributed by atoms with E-state index in [0.717, 1.165) is 38.5 Å². The Bertz CT molecular complexity index is 1260. The van der Waals surface area contributed by atoms with Crippen LogP contribution in [-0.4, -0.2) is 35.5 Å². The number of aliphatic hydroxyl groups is 1. The Balaban J connectivity index is 1.29. The van der Waals surface area contributed by atoms with E-state index in [2.05, 4.69) is 61.9 Å². The molecule has 0 bridgehead atoms. The van der Waals surface area contributed by atoms with Crippen LogP contribution in [0.2, 0.25) is 0 Å². The maximum Gasteiger partial charge on any atom is 0.171 e. The highest BCUT2D eigenvalue weighted by atomic mass is 32.1. The molecule has 5 aliphatic rings. The fraction of sp³-hybridized carbons (Fsp3) is 0.606. The van der Waals surface area contributed by atoms with Crippen LogP contribution < -0.4 is 0 Å². The topological polar surface area (TPSA) is 55.8 Å². The maximum absolute atomic E-state index is 13.3. The Labute approximate surface area is 230 Å². The van der Waals surface area contributed by atoms with E-state index in [-0.39, 0.29) is 16.7 Å². The minimum Gasteiger partial charge on any atom is -0.385 e. The number of carbonyl (C=O) groups is 1. The summed E-state index contributed by atoms with van der Waals surface area (Å²) in [7, 11) is 0. The molecule has 5 atom stereocenters. The molecule has 1 aromatic heterocycles. The van der Waals surface area contributed by atoms with E-state index in [1.807, 2.05) is 0 Å². The molecule has 3 saturated carbocycles. The number of fused-ring (bicyclic) bond motifs is 4. The van der Waals surface area contributed by atoms with Gasteiger partial charge in [0.1, 0.15) is 5.78 Å². The van der Waals surface area contributed by atoms with Crippen LogP contribution in [0.5, 0.6) is 0 Å². The summed E-state index contributed by atoms with van der Waals surface area (Å²) in [6, 6.07) is 11.2. The number of rotatable bonds is 2. The lowest BCUT2D eigenvalue weighted by atomic mass is 9.51. The monoisotopic (exact) mass is 532 g/mol. The van der Waals surface area contributed by atoms with Crippen molar-refractivity contribution in [3.05, 3.63) is 57.8 Å². The number of ketones is 1. The zero-order valence-electron chi connectivity index (χ0n) is 22.9. The van der Waals surface area contributed by atoms with Crippen LogP contribution in [0.25, 0.3) is 11.1 Å². The van der Waals surface area contributed by atoms with Gasteiger partial charge in [0.2, 0.25) is 0 Å². The maximum atomic E-state index is 13.3. The number of allylic oxidation sites excluding steroid dienone is 1. The van der Waals surface area contributed by atoms with Crippen LogP contribution in [0.4, 0.5) is 0 Å². The summed E-state index contributed by atoms with van der Waals surface area (Å²) in [5.41, 5.74) is 5.31. The Hall–Kier alpha value is -1.79. The van der Waals surface area contributed by atoms with Gasteiger partial charge in [-0.25, -0.2) is 0 Å². The normalized spacial score (nSPS) is 37.6. The van der Waals surface area contributed by atoms with Crippen LogP contribution in [-0.2, 0) is 14.3 Å². The number of carbonyl (C=O) groups excluding carboxylic acids is 1. The van der Waals surface area contributed by atoms with Crippen LogP contribution >= 0.6 is 11.3 Å². The van der Waals surface area contributed by atoms with Crippen LogP contribution in [0.1, 0.15) is 83.6 Å². The summed E-state index contributed by atoms with van der Waals surface area (Å²) in [6.45, 7) is 7.92. The first-order valence-corrected chi connectivity index (χ1v) is 15.5. The average Bonchev–Trinajstić information content (AvgIpc) is 3.54. The van der Waals surface area contributed by atoms with Gasteiger partial charge in [-0.1, -0.05) is 50.6 Å². The highest BCUT2D eigenvalue weighted by Gasteiger charge is 2.60. The lowest BCUT2D eigenvalue weighted by molar-refractivity contribution is -0.322. The largest absolute Gasteiger partial charge is 0.385 e. The average molecular weight is 533 g/mol. The predicted molar refractivity (Wildman–Crippen MR) is 150 cm³/mol. The van der Waals surface area contributed by atoms with E-state index >= 15 is 0 Å². The standard InChI is InChI=1S/C33H40O4S/c1-30(2)19-36-33(37-20-30)14-11-27-29-24(10-13-32(27,35)18-33)26-8-9-28(34)31(26,3)16-25(29)22-6-4-21(5-7-22)23-12-15-38-17-23/h4-7,12,15,17,24-26,35H,8-11,13-14,16,18-20H2,1-3H3/t24-,25+,26-,31+,32+/m0/s1. The van der Waals surface area contributed by atoms with Gasteiger partial charge in [0, 0.05) is 36.0 Å². The summed E-state index contributed by atoms with van der Waals surface area (Å²) < 4.78 is 12.8. The minimum atomic E-state index is -0.892. The Morgan fingerprint density at radius 1 is 0.947 bits per heavy atom. The number of ether oxygens (including phenoxy) is 2. The number of hydrogen-bond donors (Lipinski definition) is 1. The van der Waals surface area contributed by atoms with Crippen LogP contribution in [0.15, 0.2) is 52.2 Å². The van der Waals surface area contributed by atoms with Crippen molar-refractivity contribution in [1.82, 2.24) is 0 Å². The molecule has 38 heavy (non-hydrogen) atoms. The third-order valence-electron chi connectivity index (χ3n) is 10.7. The molecule has 4 aliphatic carbocycles. The lowest BCUT2D eigenvalue weighted by Gasteiger charge is -2.56. The molecule has 1 N–H and O–H groups in total. The van der Waals surface area contributed by atoms with E-state index in [1.165, 1.54) is 27.8 Å². The van der Waals surface area contributed by atoms with Crippen molar-refractivity contribution in [2.24, 2.45) is 22.7 Å². The molecule has 2 heterocycles.